The first-order valence-corrected chi connectivity index (χ1v) is 12.3. The maximum absolute atomic E-state index is 12.7. The van der Waals surface area contributed by atoms with Crippen molar-refractivity contribution in [2.75, 3.05) is 45.1 Å². The van der Waals surface area contributed by atoms with Crippen molar-refractivity contribution in [3.05, 3.63) is 42.0 Å². The number of ether oxygens (including phenoxy) is 3. The van der Waals surface area contributed by atoms with Gasteiger partial charge in [-0.25, -0.2) is 4.79 Å². The van der Waals surface area contributed by atoms with Gasteiger partial charge in [0.2, 0.25) is 16.8 Å². The van der Waals surface area contributed by atoms with Crippen LogP contribution in [0.15, 0.2) is 36.4 Å². The van der Waals surface area contributed by atoms with Gasteiger partial charge in [-0.05, 0) is 37.6 Å². The monoisotopic (exact) mass is 513 g/mol. The van der Waals surface area contributed by atoms with Crippen molar-refractivity contribution in [3.8, 4) is 27.8 Å². The number of urea groups is 1. The van der Waals surface area contributed by atoms with E-state index in [2.05, 4.69) is 20.8 Å². The lowest BCUT2D eigenvalue weighted by molar-refractivity contribution is -0.116. The van der Waals surface area contributed by atoms with Crippen molar-refractivity contribution < 1.29 is 23.8 Å². The standard InChI is InChI=1S/C25H31N5O5S/c1-6-12-30(25(32)26-18-9-7-16(2)8-10-18)13-11-21(31)27-24-29-28-23(36-24)17-14-19(33-3)22(35-5)20(15-17)34-4/h7-10,14-15H,6,11-13H2,1-5H3,(H,26,32)(H,27,29,31). The summed E-state index contributed by atoms with van der Waals surface area (Å²) in [6.45, 7) is 4.78. The molecule has 0 saturated heterocycles. The molecule has 2 N–H and O–H groups in total. The second-order valence-corrected chi connectivity index (χ2v) is 8.89. The van der Waals surface area contributed by atoms with Crippen LogP contribution in [0.25, 0.3) is 10.6 Å². The van der Waals surface area contributed by atoms with Gasteiger partial charge < -0.3 is 29.7 Å². The number of rotatable bonds is 11. The molecule has 10 nitrogen and oxygen atoms in total. The Hall–Kier alpha value is -3.86. The molecule has 11 heteroatoms. The molecule has 36 heavy (non-hydrogen) atoms. The van der Waals surface area contributed by atoms with Gasteiger partial charge in [0.15, 0.2) is 11.5 Å². The first-order valence-electron chi connectivity index (χ1n) is 11.4. The maximum Gasteiger partial charge on any atom is 0.321 e. The van der Waals surface area contributed by atoms with Crippen LogP contribution in [0.5, 0.6) is 17.2 Å². The highest BCUT2D eigenvalue weighted by Crippen LogP contribution is 2.42. The Morgan fingerprint density at radius 1 is 0.944 bits per heavy atom. The van der Waals surface area contributed by atoms with Crippen LogP contribution < -0.4 is 24.8 Å². The number of anilines is 2. The lowest BCUT2D eigenvalue weighted by Gasteiger charge is -2.22. The zero-order valence-electron chi connectivity index (χ0n) is 21.1. The second kappa shape index (κ2) is 12.7. The Labute approximate surface area is 214 Å². The third-order valence-corrected chi connectivity index (χ3v) is 6.16. The number of aryl methyl sites for hydroxylation is 1. The molecule has 0 bridgehead atoms. The van der Waals surface area contributed by atoms with E-state index in [0.717, 1.165) is 12.0 Å². The molecule has 3 aromatic rings. The van der Waals surface area contributed by atoms with Crippen LogP contribution in [0.4, 0.5) is 15.6 Å². The van der Waals surface area contributed by atoms with Crippen LogP contribution in [0.3, 0.4) is 0 Å². The van der Waals surface area contributed by atoms with Crippen molar-refractivity contribution >= 4 is 34.1 Å². The normalized spacial score (nSPS) is 10.5. The van der Waals surface area contributed by atoms with Gasteiger partial charge in [0.05, 0.1) is 21.3 Å². The molecular formula is C25H31N5O5S. The summed E-state index contributed by atoms with van der Waals surface area (Å²) in [6.07, 6.45) is 0.901. The number of aromatic nitrogens is 2. The second-order valence-electron chi connectivity index (χ2n) is 7.91. The van der Waals surface area contributed by atoms with Crippen LogP contribution in [-0.2, 0) is 4.79 Å². The molecule has 0 fully saturated rings. The fourth-order valence-electron chi connectivity index (χ4n) is 3.44. The summed E-state index contributed by atoms with van der Waals surface area (Å²) in [5.41, 5.74) is 2.54. The Morgan fingerprint density at radius 2 is 1.61 bits per heavy atom. The third kappa shape index (κ3) is 6.85. The topological polar surface area (TPSA) is 115 Å². The number of carbonyl (C=O) groups excluding carboxylic acids is 2. The molecule has 0 unspecified atom stereocenters. The largest absolute Gasteiger partial charge is 0.493 e. The number of nitrogens with one attached hydrogen (secondary N) is 2. The molecule has 1 aromatic heterocycles. The highest BCUT2D eigenvalue weighted by atomic mass is 32.1. The van der Waals surface area contributed by atoms with Crippen molar-refractivity contribution in [2.24, 2.45) is 0 Å². The lowest BCUT2D eigenvalue weighted by atomic mass is 10.2. The molecule has 0 spiro atoms. The highest BCUT2D eigenvalue weighted by Gasteiger charge is 2.18. The quantitative estimate of drug-likeness (QED) is 0.378. The Balaban J connectivity index is 1.61. The average molecular weight is 514 g/mol. The summed E-state index contributed by atoms with van der Waals surface area (Å²) < 4.78 is 16.1. The van der Waals surface area contributed by atoms with Crippen molar-refractivity contribution in [3.63, 3.8) is 0 Å². The van der Waals surface area contributed by atoms with Gasteiger partial charge in [-0.2, -0.15) is 0 Å². The predicted octanol–water partition coefficient (Wildman–Crippen LogP) is 4.81. The van der Waals surface area contributed by atoms with Crippen LogP contribution in [-0.4, -0.2) is 61.5 Å². The minimum absolute atomic E-state index is 0.125. The first-order chi connectivity index (χ1) is 17.4. The van der Waals surface area contributed by atoms with E-state index in [1.807, 2.05) is 38.1 Å². The average Bonchev–Trinajstić information content (AvgIpc) is 3.35. The molecule has 192 valence electrons. The number of carbonyl (C=O) groups is 2. The third-order valence-electron chi connectivity index (χ3n) is 5.28. The van der Waals surface area contributed by atoms with Gasteiger partial charge in [0.1, 0.15) is 5.01 Å². The number of hydrogen-bond acceptors (Lipinski definition) is 8. The number of benzene rings is 2. The fourth-order valence-corrected chi connectivity index (χ4v) is 4.18. The van der Waals surface area contributed by atoms with Gasteiger partial charge in [0, 0.05) is 30.8 Å². The first kappa shape index (κ1) is 26.7. The van der Waals surface area contributed by atoms with Gasteiger partial charge >= 0.3 is 6.03 Å². The highest BCUT2D eigenvalue weighted by molar-refractivity contribution is 7.18. The summed E-state index contributed by atoms with van der Waals surface area (Å²) >= 11 is 1.22. The summed E-state index contributed by atoms with van der Waals surface area (Å²) in [4.78, 5) is 26.9. The SMILES string of the molecule is CCCN(CCC(=O)Nc1nnc(-c2cc(OC)c(OC)c(OC)c2)s1)C(=O)Nc1ccc(C)cc1. The molecule has 2 aromatic carbocycles. The van der Waals surface area contributed by atoms with E-state index in [0.29, 0.717) is 45.2 Å². The molecule has 0 saturated carbocycles. The summed E-state index contributed by atoms with van der Waals surface area (Å²) in [5.74, 6) is 1.21. The van der Waals surface area contributed by atoms with Crippen molar-refractivity contribution in [1.29, 1.82) is 0 Å². The summed E-state index contributed by atoms with van der Waals surface area (Å²) in [7, 11) is 4.61. The van der Waals surface area contributed by atoms with E-state index < -0.39 is 0 Å². The van der Waals surface area contributed by atoms with Crippen LogP contribution in [0.2, 0.25) is 0 Å². The number of hydrogen-bond donors (Lipinski definition) is 2. The lowest BCUT2D eigenvalue weighted by Crippen LogP contribution is -2.37. The van der Waals surface area contributed by atoms with Crippen LogP contribution >= 0.6 is 11.3 Å². The summed E-state index contributed by atoms with van der Waals surface area (Å²) in [6, 6.07) is 10.9. The molecule has 0 radical (unpaired) electrons. The van der Waals surface area contributed by atoms with E-state index in [1.165, 1.54) is 32.7 Å². The molecule has 3 rings (SSSR count). The number of amides is 3. The van der Waals surface area contributed by atoms with E-state index in [4.69, 9.17) is 14.2 Å². The molecule has 0 atom stereocenters. The van der Waals surface area contributed by atoms with Gasteiger partial charge in [-0.1, -0.05) is 36.0 Å². The van der Waals surface area contributed by atoms with Crippen molar-refractivity contribution in [1.82, 2.24) is 15.1 Å². The Bertz CT molecular complexity index is 1160. The van der Waals surface area contributed by atoms with E-state index in [9.17, 15) is 9.59 Å². The smallest absolute Gasteiger partial charge is 0.321 e. The Morgan fingerprint density at radius 3 is 2.19 bits per heavy atom. The van der Waals surface area contributed by atoms with Crippen LogP contribution in [0.1, 0.15) is 25.3 Å². The molecule has 3 amide bonds. The molecule has 0 aliphatic rings. The molecule has 1 heterocycles. The Kier molecular flexibility index (Phi) is 9.46. The summed E-state index contributed by atoms with van der Waals surface area (Å²) in [5, 5.41) is 14.8. The molecule has 0 aliphatic carbocycles. The van der Waals surface area contributed by atoms with Gasteiger partial charge in [-0.3, -0.25) is 4.79 Å². The zero-order valence-corrected chi connectivity index (χ0v) is 21.9. The van der Waals surface area contributed by atoms with Gasteiger partial charge in [0.25, 0.3) is 0 Å². The number of methoxy groups -OCH3 is 3. The predicted molar refractivity (Wildman–Crippen MR) is 140 cm³/mol. The van der Waals surface area contributed by atoms with Crippen molar-refractivity contribution in [2.45, 2.75) is 26.7 Å². The van der Waals surface area contributed by atoms with E-state index in [1.54, 1.807) is 17.0 Å². The van der Waals surface area contributed by atoms with Crippen LogP contribution in [0, 0.1) is 6.92 Å². The fraction of sp³-hybridized carbons (Fsp3) is 0.360. The molecular weight excluding hydrogens is 482 g/mol. The minimum Gasteiger partial charge on any atom is -0.493 e. The van der Waals surface area contributed by atoms with E-state index in [-0.39, 0.29) is 24.9 Å². The molecule has 0 aliphatic heterocycles. The van der Waals surface area contributed by atoms with Gasteiger partial charge in [-0.15, -0.1) is 10.2 Å². The minimum atomic E-state index is -0.258. The maximum atomic E-state index is 12.7. The number of nitrogens with zero attached hydrogens (tertiary/aromatic N) is 3. The zero-order chi connectivity index (χ0) is 26.1. The van der Waals surface area contributed by atoms with E-state index >= 15 is 0 Å².